The molecule has 0 saturated heterocycles. The van der Waals surface area contributed by atoms with Crippen molar-refractivity contribution in [3.63, 3.8) is 0 Å². The summed E-state index contributed by atoms with van der Waals surface area (Å²) in [6.07, 6.45) is 0.214. The maximum absolute atomic E-state index is 9.23. The van der Waals surface area contributed by atoms with Gasteiger partial charge in [-0.05, 0) is 34.5 Å². The van der Waals surface area contributed by atoms with Crippen LogP contribution in [0.15, 0.2) is 21.2 Å². The van der Waals surface area contributed by atoms with E-state index in [0.717, 1.165) is 0 Å². The Morgan fingerprint density at radius 2 is 2.40 bits per heavy atom. The van der Waals surface area contributed by atoms with Crippen molar-refractivity contribution in [3.8, 4) is 0 Å². The highest BCUT2D eigenvalue weighted by atomic mass is 79.9. The summed E-state index contributed by atoms with van der Waals surface area (Å²) in [7, 11) is 0. The van der Waals surface area contributed by atoms with E-state index in [9.17, 15) is 5.11 Å². The normalized spacial score (nSPS) is 13.5. The molecule has 56 valence electrons. The van der Waals surface area contributed by atoms with Gasteiger partial charge in [0.2, 0.25) is 0 Å². The molecule has 1 N–H and O–H groups in total. The van der Waals surface area contributed by atoms with Gasteiger partial charge >= 0.3 is 0 Å². The maximum atomic E-state index is 9.23. The molecule has 0 radical (unpaired) electrons. The Labute approximate surface area is 68.0 Å². The largest absolute Gasteiger partial charge is 0.452 e. The van der Waals surface area contributed by atoms with E-state index < -0.39 is 6.10 Å². The van der Waals surface area contributed by atoms with Gasteiger partial charge in [-0.3, -0.25) is 0 Å². The Morgan fingerprint density at radius 1 is 1.70 bits per heavy atom. The van der Waals surface area contributed by atoms with Crippen LogP contribution in [0.4, 0.5) is 0 Å². The molecule has 1 unspecified atom stereocenters. The van der Waals surface area contributed by atoms with Crippen molar-refractivity contribution >= 4 is 15.9 Å². The van der Waals surface area contributed by atoms with Crippen LogP contribution >= 0.6 is 15.9 Å². The molecular weight excluding hydrogens is 196 g/mol. The van der Waals surface area contributed by atoms with E-state index in [1.165, 1.54) is 0 Å². The predicted molar refractivity (Wildman–Crippen MR) is 41.7 cm³/mol. The summed E-state index contributed by atoms with van der Waals surface area (Å²) in [5, 5.41) is 9.23. The van der Waals surface area contributed by atoms with E-state index in [4.69, 9.17) is 4.42 Å². The number of aliphatic hydroxyl groups excluding tert-OH is 1. The standard InChI is InChI=1S/C7H9BrO2/c1-2-5(9)6-3-4-7(8)10-6/h3-5,9H,2H2,1H3. The minimum atomic E-state index is -0.466. The molecular formula is C7H9BrO2. The topological polar surface area (TPSA) is 33.4 Å². The summed E-state index contributed by atoms with van der Waals surface area (Å²) in [5.41, 5.74) is 0. The molecule has 0 aromatic carbocycles. The SMILES string of the molecule is CCC(O)c1ccc(Br)o1. The fourth-order valence-corrected chi connectivity index (χ4v) is 1.03. The lowest BCUT2D eigenvalue weighted by Gasteiger charge is -2.00. The molecule has 0 aliphatic heterocycles. The summed E-state index contributed by atoms with van der Waals surface area (Å²) < 4.78 is 5.76. The van der Waals surface area contributed by atoms with Gasteiger partial charge in [-0.25, -0.2) is 0 Å². The second-order valence-electron chi connectivity index (χ2n) is 2.07. The van der Waals surface area contributed by atoms with Gasteiger partial charge in [0.1, 0.15) is 11.9 Å². The van der Waals surface area contributed by atoms with Gasteiger partial charge in [0.25, 0.3) is 0 Å². The van der Waals surface area contributed by atoms with Crippen molar-refractivity contribution in [2.45, 2.75) is 19.4 Å². The minimum Gasteiger partial charge on any atom is -0.452 e. The highest BCUT2D eigenvalue weighted by molar-refractivity contribution is 9.10. The van der Waals surface area contributed by atoms with Crippen molar-refractivity contribution in [1.82, 2.24) is 0 Å². The van der Waals surface area contributed by atoms with Crippen LogP contribution < -0.4 is 0 Å². The number of hydrogen-bond donors (Lipinski definition) is 1. The Kier molecular flexibility index (Phi) is 2.51. The second-order valence-corrected chi connectivity index (χ2v) is 2.85. The zero-order valence-corrected chi connectivity index (χ0v) is 7.26. The number of aliphatic hydroxyl groups is 1. The van der Waals surface area contributed by atoms with Crippen LogP contribution in [0.25, 0.3) is 0 Å². The zero-order chi connectivity index (χ0) is 7.56. The average molecular weight is 205 g/mol. The third-order valence-electron chi connectivity index (χ3n) is 1.31. The van der Waals surface area contributed by atoms with Gasteiger partial charge < -0.3 is 9.52 Å². The monoisotopic (exact) mass is 204 g/mol. The fourth-order valence-electron chi connectivity index (χ4n) is 0.709. The second kappa shape index (κ2) is 3.21. The van der Waals surface area contributed by atoms with Crippen LogP contribution in [-0.4, -0.2) is 5.11 Å². The smallest absolute Gasteiger partial charge is 0.169 e. The summed E-state index contributed by atoms with van der Waals surface area (Å²) in [6.45, 7) is 1.90. The molecule has 0 aliphatic carbocycles. The molecule has 0 fully saturated rings. The van der Waals surface area contributed by atoms with Crippen molar-refractivity contribution in [3.05, 3.63) is 22.6 Å². The molecule has 0 amide bonds. The Bertz CT molecular complexity index is 207. The van der Waals surface area contributed by atoms with Crippen LogP contribution in [0.3, 0.4) is 0 Å². The van der Waals surface area contributed by atoms with E-state index in [2.05, 4.69) is 15.9 Å². The Hall–Kier alpha value is -0.280. The fraction of sp³-hybridized carbons (Fsp3) is 0.429. The van der Waals surface area contributed by atoms with Crippen LogP contribution in [0.5, 0.6) is 0 Å². The first kappa shape index (κ1) is 7.82. The van der Waals surface area contributed by atoms with Crippen molar-refractivity contribution < 1.29 is 9.52 Å². The van der Waals surface area contributed by atoms with Crippen molar-refractivity contribution in [2.24, 2.45) is 0 Å². The molecule has 0 saturated carbocycles. The van der Waals surface area contributed by atoms with Crippen LogP contribution in [0.2, 0.25) is 0 Å². The molecule has 1 aromatic heterocycles. The summed E-state index contributed by atoms with van der Waals surface area (Å²) >= 11 is 3.15. The van der Waals surface area contributed by atoms with Gasteiger partial charge in [0.15, 0.2) is 4.67 Å². The van der Waals surface area contributed by atoms with Crippen LogP contribution in [-0.2, 0) is 0 Å². The van der Waals surface area contributed by atoms with Crippen LogP contribution in [0, 0.1) is 0 Å². The Balaban J connectivity index is 2.74. The van der Waals surface area contributed by atoms with Crippen LogP contribution in [0.1, 0.15) is 25.2 Å². The lowest BCUT2D eigenvalue weighted by atomic mass is 10.2. The molecule has 10 heavy (non-hydrogen) atoms. The Morgan fingerprint density at radius 3 is 2.80 bits per heavy atom. The molecule has 1 rings (SSSR count). The minimum absolute atomic E-state index is 0.466. The van der Waals surface area contributed by atoms with E-state index in [0.29, 0.717) is 16.9 Å². The number of halogens is 1. The first-order valence-corrected chi connectivity index (χ1v) is 3.96. The van der Waals surface area contributed by atoms with Gasteiger partial charge in [-0.2, -0.15) is 0 Å². The molecule has 2 nitrogen and oxygen atoms in total. The summed E-state index contributed by atoms with van der Waals surface area (Å²) in [6, 6.07) is 3.53. The van der Waals surface area contributed by atoms with Gasteiger partial charge in [0.05, 0.1) is 0 Å². The molecule has 1 heterocycles. The third kappa shape index (κ3) is 1.61. The average Bonchev–Trinajstić information content (AvgIpc) is 2.34. The van der Waals surface area contributed by atoms with Gasteiger partial charge in [-0.1, -0.05) is 6.92 Å². The first-order chi connectivity index (χ1) is 4.74. The molecule has 1 atom stereocenters. The molecule has 3 heteroatoms. The van der Waals surface area contributed by atoms with Crippen molar-refractivity contribution in [1.29, 1.82) is 0 Å². The molecule has 0 bridgehead atoms. The van der Waals surface area contributed by atoms with E-state index >= 15 is 0 Å². The van der Waals surface area contributed by atoms with Crippen molar-refractivity contribution in [2.75, 3.05) is 0 Å². The molecule has 0 spiro atoms. The predicted octanol–water partition coefficient (Wildman–Crippen LogP) is 2.49. The summed E-state index contributed by atoms with van der Waals surface area (Å²) in [5.74, 6) is 0.620. The highest BCUT2D eigenvalue weighted by Crippen LogP contribution is 2.21. The zero-order valence-electron chi connectivity index (χ0n) is 5.67. The highest BCUT2D eigenvalue weighted by Gasteiger charge is 2.07. The number of furan rings is 1. The third-order valence-corrected chi connectivity index (χ3v) is 1.74. The number of hydrogen-bond acceptors (Lipinski definition) is 2. The lowest BCUT2D eigenvalue weighted by Crippen LogP contribution is -1.90. The maximum Gasteiger partial charge on any atom is 0.169 e. The van der Waals surface area contributed by atoms with Gasteiger partial charge in [-0.15, -0.1) is 0 Å². The first-order valence-electron chi connectivity index (χ1n) is 3.17. The van der Waals surface area contributed by atoms with Gasteiger partial charge in [0, 0.05) is 0 Å². The quantitative estimate of drug-likeness (QED) is 0.804. The van der Waals surface area contributed by atoms with E-state index in [1.807, 2.05) is 6.92 Å². The van der Waals surface area contributed by atoms with E-state index in [-0.39, 0.29) is 0 Å². The van der Waals surface area contributed by atoms with E-state index in [1.54, 1.807) is 12.1 Å². The molecule has 1 aromatic rings. The lowest BCUT2D eigenvalue weighted by molar-refractivity contribution is 0.144. The molecule has 0 aliphatic rings. The summed E-state index contributed by atoms with van der Waals surface area (Å²) in [4.78, 5) is 0. The number of rotatable bonds is 2.